The van der Waals surface area contributed by atoms with Gasteiger partial charge in [0.15, 0.2) is 0 Å². The van der Waals surface area contributed by atoms with Crippen molar-refractivity contribution in [2.24, 2.45) is 0 Å². The van der Waals surface area contributed by atoms with Gasteiger partial charge in [0.05, 0.1) is 17.6 Å². The molecule has 1 heterocycles. The number of terminal acetylenes is 1. The minimum Gasteiger partial charge on any atom is -0.385 e. The van der Waals surface area contributed by atoms with E-state index in [9.17, 15) is 4.79 Å². The molecule has 0 aliphatic heterocycles. The first-order chi connectivity index (χ1) is 13.3. The number of aromatic nitrogens is 2. The normalized spacial score (nSPS) is 10.6. The number of anilines is 1. The number of nitrogens with one attached hydrogen (secondary N) is 3. The monoisotopic (exact) mass is 360 g/mol. The molecule has 5 nitrogen and oxygen atoms in total. The van der Waals surface area contributed by atoms with E-state index in [1.165, 1.54) is 0 Å². The zero-order valence-corrected chi connectivity index (χ0v) is 15.3. The second kappa shape index (κ2) is 9.56. The molecule has 3 N–H and O–H groups in total. The van der Waals surface area contributed by atoms with Gasteiger partial charge < -0.3 is 10.6 Å². The Labute approximate surface area is 159 Å². The van der Waals surface area contributed by atoms with Crippen molar-refractivity contribution in [2.75, 3.05) is 25.0 Å². The maximum Gasteiger partial charge on any atom is 0.272 e. The number of nitrogens with zero attached hydrogens (tertiary/aromatic N) is 1. The third kappa shape index (κ3) is 4.96. The Bertz CT molecular complexity index is 987. The maximum absolute atomic E-state index is 12.0. The van der Waals surface area contributed by atoms with E-state index in [0.29, 0.717) is 11.9 Å². The first kappa shape index (κ1) is 18.7. The summed E-state index contributed by atoms with van der Waals surface area (Å²) in [7, 11) is 0. The van der Waals surface area contributed by atoms with E-state index in [0.717, 1.165) is 54.7 Å². The van der Waals surface area contributed by atoms with Crippen LogP contribution < -0.4 is 16.2 Å². The van der Waals surface area contributed by atoms with Gasteiger partial charge in [-0.1, -0.05) is 42.7 Å². The third-order valence-electron chi connectivity index (χ3n) is 4.42. The molecule has 0 aliphatic carbocycles. The highest BCUT2D eigenvalue weighted by Crippen LogP contribution is 2.26. The molecule has 0 amide bonds. The topological polar surface area (TPSA) is 69.8 Å². The van der Waals surface area contributed by atoms with E-state index in [2.05, 4.69) is 32.8 Å². The molecule has 0 aliphatic rings. The van der Waals surface area contributed by atoms with Crippen molar-refractivity contribution in [2.45, 2.75) is 19.3 Å². The van der Waals surface area contributed by atoms with Gasteiger partial charge in [0, 0.05) is 23.2 Å². The van der Waals surface area contributed by atoms with Crippen molar-refractivity contribution in [1.82, 2.24) is 15.5 Å². The first-order valence-electron chi connectivity index (χ1n) is 9.25. The molecule has 3 aromatic rings. The zero-order valence-electron chi connectivity index (χ0n) is 15.3. The zero-order chi connectivity index (χ0) is 18.9. The van der Waals surface area contributed by atoms with Crippen LogP contribution in [-0.2, 0) is 0 Å². The van der Waals surface area contributed by atoms with Gasteiger partial charge in [-0.2, -0.15) is 5.10 Å². The average Bonchev–Trinajstić information content (AvgIpc) is 2.71. The molecule has 5 heteroatoms. The number of rotatable bonds is 9. The number of unbranched alkanes of at least 4 members (excludes halogenated alkanes) is 2. The predicted octanol–water partition coefficient (Wildman–Crippen LogP) is 3.40. The predicted molar refractivity (Wildman–Crippen MR) is 112 cm³/mol. The molecular formula is C22H24N4O. The van der Waals surface area contributed by atoms with E-state index in [-0.39, 0.29) is 5.56 Å². The molecule has 138 valence electrons. The number of H-pyrrole nitrogens is 1. The SMILES string of the molecule is C#CCNCCCCCNc1cccc(-c2n[nH]c(=O)c3ccccc23)c1. The van der Waals surface area contributed by atoms with Crippen LogP contribution in [0.2, 0.25) is 0 Å². The first-order valence-corrected chi connectivity index (χ1v) is 9.25. The molecular weight excluding hydrogens is 336 g/mol. The van der Waals surface area contributed by atoms with E-state index >= 15 is 0 Å². The van der Waals surface area contributed by atoms with Crippen LogP contribution in [0.4, 0.5) is 5.69 Å². The molecule has 27 heavy (non-hydrogen) atoms. The summed E-state index contributed by atoms with van der Waals surface area (Å²) in [5, 5.41) is 15.0. The third-order valence-corrected chi connectivity index (χ3v) is 4.42. The Morgan fingerprint density at radius 2 is 1.81 bits per heavy atom. The lowest BCUT2D eigenvalue weighted by Gasteiger charge is -2.09. The van der Waals surface area contributed by atoms with Crippen LogP contribution in [0.25, 0.3) is 22.0 Å². The van der Waals surface area contributed by atoms with Crippen molar-refractivity contribution in [3.63, 3.8) is 0 Å². The molecule has 0 spiro atoms. The van der Waals surface area contributed by atoms with Crippen LogP contribution in [0.3, 0.4) is 0 Å². The fourth-order valence-corrected chi connectivity index (χ4v) is 3.06. The van der Waals surface area contributed by atoms with Gasteiger partial charge in [-0.3, -0.25) is 4.79 Å². The summed E-state index contributed by atoms with van der Waals surface area (Å²) in [6.45, 7) is 2.52. The molecule has 2 aromatic carbocycles. The minimum atomic E-state index is -0.166. The van der Waals surface area contributed by atoms with E-state index in [1.807, 2.05) is 42.5 Å². The Morgan fingerprint density at radius 1 is 1.00 bits per heavy atom. The van der Waals surface area contributed by atoms with Gasteiger partial charge in [-0.05, 0) is 37.6 Å². The summed E-state index contributed by atoms with van der Waals surface area (Å²) in [5.41, 5.74) is 2.65. The quantitative estimate of drug-likeness (QED) is 0.404. The highest BCUT2D eigenvalue weighted by Gasteiger charge is 2.08. The van der Waals surface area contributed by atoms with E-state index in [1.54, 1.807) is 0 Å². The Kier molecular flexibility index (Phi) is 6.61. The molecule has 0 radical (unpaired) electrons. The van der Waals surface area contributed by atoms with E-state index < -0.39 is 0 Å². The smallest absolute Gasteiger partial charge is 0.272 e. The lowest BCUT2D eigenvalue weighted by molar-refractivity contribution is 0.641. The second-order valence-corrected chi connectivity index (χ2v) is 6.40. The lowest BCUT2D eigenvalue weighted by atomic mass is 10.0. The highest BCUT2D eigenvalue weighted by atomic mass is 16.1. The molecule has 1 aromatic heterocycles. The molecule has 0 bridgehead atoms. The Hall–Kier alpha value is -3.10. The molecule has 0 fully saturated rings. The minimum absolute atomic E-state index is 0.166. The van der Waals surface area contributed by atoms with Gasteiger partial charge in [0.2, 0.25) is 0 Å². The number of hydrogen-bond donors (Lipinski definition) is 3. The fraction of sp³-hybridized carbons (Fsp3) is 0.273. The van der Waals surface area contributed by atoms with Crippen LogP contribution in [0.5, 0.6) is 0 Å². The molecule has 0 unspecified atom stereocenters. The van der Waals surface area contributed by atoms with Crippen molar-refractivity contribution < 1.29 is 0 Å². The van der Waals surface area contributed by atoms with Crippen LogP contribution in [0.15, 0.2) is 53.3 Å². The van der Waals surface area contributed by atoms with Crippen molar-refractivity contribution in [1.29, 1.82) is 0 Å². The summed E-state index contributed by atoms with van der Waals surface area (Å²) < 4.78 is 0. The van der Waals surface area contributed by atoms with E-state index in [4.69, 9.17) is 6.42 Å². The van der Waals surface area contributed by atoms with Gasteiger partial charge >= 0.3 is 0 Å². The van der Waals surface area contributed by atoms with Crippen molar-refractivity contribution in [3.8, 4) is 23.6 Å². The Morgan fingerprint density at radius 3 is 2.67 bits per heavy atom. The standard InChI is InChI=1S/C22H24N4O/c1-2-13-23-14-6-3-7-15-24-18-10-8-9-17(16-18)21-19-11-4-5-12-20(19)22(27)26-25-21/h1,4-5,8-12,16,23-24H,3,6-7,13-15H2,(H,26,27). The van der Waals surface area contributed by atoms with Gasteiger partial charge in [-0.15, -0.1) is 6.42 Å². The number of benzene rings is 2. The Balaban J connectivity index is 1.63. The van der Waals surface area contributed by atoms with Gasteiger partial charge in [0.1, 0.15) is 0 Å². The highest BCUT2D eigenvalue weighted by molar-refractivity contribution is 5.94. The second-order valence-electron chi connectivity index (χ2n) is 6.40. The number of fused-ring (bicyclic) bond motifs is 1. The lowest BCUT2D eigenvalue weighted by Crippen LogP contribution is -2.15. The van der Waals surface area contributed by atoms with Crippen LogP contribution >= 0.6 is 0 Å². The van der Waals surface area contributed by atoms with Crippen LogP contribution in [0, 0.1) is 12.3 Å². The number of hydrogen-bond acceptors (Lipinski definition) is 4. The largest absolute Gasteiger partial charge is 0.385 e. The van der Waals surface area contributed by atoms with Crippen LogP contribution in [-0.4, -0.2) is 29.8 Å². The summed E-state index contributed by atoms with van der Waals surface area (Å²) in [6, 6.07) is 15.7. The fourth-order valence-electron chi connectivity index (χ4n) is 3.06. The molecule has 0 saturated heterocycles. The number of aromatic amines is 1. The summed E-state index contributed by atoms with van der Waals surface area (Å²) in [5.74, 6) is 2.58. The summed E-state index contributed by atoms with van der Waals surface area (Å²) in [4.78, 5) is 12.0. The maximum atomic E-state index is 12.0. The molecule has 0 saturated carbocycles. The van der Waals surface area contributed by atoms with Gasteiger partial charge in [-0.25, -0.2) is 5.10 Å². The average molecular weight is 360 g/mol. The van der Waals surface area contributed by atoms with Crippen molar-refractivity contribution >= 4 is 16.5 Å². The summed E-state index contributed by atoms with van der Waals surface area (Å²) in [6.07, 6.45) is 8.57. The van der Waals surface area contributed by atoms with Crippen molar-refractivity contribution in [3.05, 3.63) is 58.9 Å². The molecule has 3 rings (SSSR count). The summed E-state index contributed by atoms with van der Waals surface area (Å²) >= 11 is 0. The molecule has 0 atom stereocenters. The van der Waals surface area contributed by atoms with Gasteiger partial charge in [0.25, 0.3) is 5.56 Å². The van der Waals surface area contributed by atoms with Crippen LogP contribution in [0.1, 0.15) is 19.3 Å².